The summed E-state index contributed by atoms with van der Waals surface area (Å²) in [6.45, 7) is 5.83. The molecule has 1 unspecified atom stereocenters. The molecule has 2 aromatic rings. The maximum Gasteiger partial charge on any atom is 0.105 e. The number of hydrogen-bond donors (Lipinski definition) is 1. The lowest BCUT2D eigenvalue weighted by Gasteiger charge is -2.24. The van der Waals surface area contributed by atoms with Crippen LogP contribution in [-0.4, -0.2) is 38.0 Å². The molecule has 0 saturated carbocycles. The van der Waals surface area contributed by atoms with E-state index in [1.54, 1.807) is 4.68 Å². The van der Waals surface area contributed by atoms with Crippen molar-refractivity contribution >= 4 is 5.69 Å². The maximum atomic E-state index is 5.42. The van der Waals surface area contributed by atoms with E-state index in [1.165, 1.54) is 0 Å². The smallest absolute Gasteiger partial charge is 0.105 e. The van der Waals surface area contributed by atoms with Crippen LogP contribution in [0.4, 0.5) is 5.69 Å². The fraction of sp³-hybridized carbons (Fsp3) is 0.643. The Morgan fingerprint density at radius 2 is 2.14 bits per heavy atom. The van der Waals surface area contributed by atoms with Crippen LogP contribution in [-0.2, 0) is 11.8 Å². The summed E-state index contributed by atoms with van der Waals surface area (Å²) in [7, 11) is 1.87. The molecule has 0 radical (unpaired) electrons. The minimum Gasteiger partial charge on any atom is -0.381 e. The molecule has 3 rings (SSSR count). The van der Waals surface area contributed by atoms with Gasteiger partial charge in [0.25, 0.3) is 0 Å². The Balaban J connectivity index is 1.72. The molecule has 0 amide bonds. The SMILES string of the molecule is Cc1c(NC(C)c2cn(C)nn2)cnn1C1CCOCC1. The first-order valence-corrected chi connectivity index (χ1v) is 7.39. The van der Waals surface area contributed by atoms with Crippen molar-refractivity contribution in [3.8, 4) is 0 Å². The monoisotopic (exact) mass is 290 g/mol. The minimum atomic E-state index is 0.102. The molecular formula is C14H22N6O. The van der Waals surface area contributed by atoms with Crippen molar-refractivity contribution in [2.45, 2.75) is 38.8 Å². The summed E-state index contributed by atoms with van der Waals surface area (Å²) in [4.78, 5) is 0. The Labute approximate surface area is 124 Å². The normalized spacial score (nSPS) is 17.9. The first kappa shape index (κ1) is 14.1. The summed E-state index contributed by atoms with van der Waals surface area (Å²) in [5.41, 5.74) is 3.15. The van der Waals surface area contributed by atoms with Crippen LogP contribution in [0.3, 0.4) is 0 Å². The van der Waals surface area contributed by atoms with E-state index in [9.17, 15) is 0 Å². The van der Waals surface area contributed by atoms with Crippen LogP contribution in [0.5, 0.6) is 0 Å². The lowest BCUT2D eigenvalue weighted by atomic mass is 10.1. The number of nitrogens with one attached hydrogen (secondary N) is 1. The standard InChI is InChI=1S/C14H22N6O/c1-10(14-9-19(3)18-17-14)16-13-8-15-20(11(13)2)12-4-6-21-7-5-12/h8-10,12,16H,4-7H2,1-3H3. The maximum absolute atomic E-state index is 5.42. The van der Waals surface area contributed by atoms with Gasteiger partial charge in [-0.25, -0.2) is 0 Å². The zero-order valence-corrected chi connectivity index (χ0v) is 12.8. The lowest BCUT2D eigenvalue weighted by molar-refractivity contribution is 0.0657. The van der Waals surface area contributed by atoms with Crippen LogP contribution in [0.1, 0.15) is 43.2 Å². The van der Waals surface area contributed by atoms with E-state index >= 15 is 0 Å². The summed E-state index contributed by atoms with van der Waals surface area (Å²) in [6.07, 6.45) is 5.89. The molecular weight excluding hydrogens is 268 g/mol. The first-order valence-electron chi connectivity index (χ1n) is 7.39. The summed E-state index contributed by atoms with van der Waals surface area (Å²) in [6, 6.07) is 0.547. The summed E-state index contributed by atoms with van der Waals surface area (Å²) >= 11 is 0. The predicted octanol–water partition coefficient (Wildman–Crippen LogP) is 1.84. The molecule has 0 aliphatic carbocycles. The number of rotatable bonds is 4. The van der Waals surface area contributed by atoms with Gasteiger partial charge >= 0.3 is 0 Å². The molecule has 7 heteroatoms. The highest BCUT2D eigenvalue weighted by Crippen LogP contribution is 2.27. The van der Waals surface area contributed by atoms with Gasteiger partial charge in [0.15, 0.2) is 0 Å². The summed E-state index contributed by atoms with van der Waals surface area (Å²) in [5, 5.41) is 16.1. The highest BCUT2D eigenvalue weighted by Gasteiger charge is 2.20. The molecule has 114 valence electrons. The highest BCUT2D eigenvalue weighted by atomic mass is 16.5. The number of ether oxygens (including phenoxy) is 1. The average molecular weight is 290 g/mol. The van der Waals surface area contributed by atoms with Crippen molar-refractivity contribution in [1.82, 2.24) is 24.8 Å². The third-order valence-electron chi connectivity index (χ3n) is 4.02. The molecule has 0 bridgehead atoms. The molecule has 1 aliphatic heterocycles. The van der Waals surface area contributed by atoms with Gasteiger partial charge < -0.3 is 10.1 Å². The quantitative estimate of drug-likeness (QED) is 0.930. The second-order valence-corrected chi connectivity index (χ2v) is 5.61. The van der Waals surface area contributed by atoms with E-state index in [2.05, 4.69) is 39.3 Å². The van der Waals surface area contributed by atoms with Crippen molar-refractivity contribution in [2.75, 3.05) is 18.5 Å². The largest absolute Gasteiger partial charge is 0.381 e. The van der Waals surface area contributed by atoms with Crippen LogP contribution in [0.25, 0.3) is 0 Å². The molecule has 1 atom stereocenters. The van der Waals surface area contributed by atoms with Crippen molar-refractivity contribution in [1.29, 1.82) is 0 Å². The Bertz CT molecular complexity index is 598. The van der Waals surface area contributed by atoms with Crippen molar-refractivity contribution in [3.05, 3.63) is 23.8 Å². The Morgan fingerprint density at radius 3 is 2.81 bits per heavy atom. The van der Waals surface area contributed by atoms with Gasteiger partial charge in [0, 0.05) is 20.3 Å². The topological polar surface area (TPSA) is 69.8 Å². The van der Waals surface area contributed by atoms with Crippen molar-refractivity contribution in [2.24, 2.45) is 7.05 Å². The fourth-order valence-electron chi connectivity index (χ4n) is 2.73. The molecule has 2 aromatic heterocycles. The lowest BCUT2D eigenvalue weighted by Crippen LogP contribution is -2.21. The second kappa shape index (κ2) is 5.85. The van der Waals surface area contributed by atoms with Gasteiger partial charge in [0.05, 0.1) is 35.9 Å². The number of aromatic nitrogens is 5. The second-order valence-electron chi connectivity index (χ2n) is 5.61. The molecule has 1 aliphatic rings. The summed E-state index contributed by atoms with van der Waals surface area (Å²) < 4.78 is 9.25. The van der Waals surface area contributed by atoms with Gasteiger partial charge in [-0.05, 0) is 26.7 Å². The Kier molecular flexibility index (Phi) is 3.92. The van der Waals surface area contributed by atoms with Gasteiger partial charge in [-0.15, -0.1) is 5.10 Å². The van der Waals surface area contributed by atoms with Gasteiger partial charge in [-0.2, -0.15) is 5.10 Å². The predicted molar refractivity (Wildman–Crippen MR) is 79.1 cm³/mol. The number of anilines is 1. The van der Waals surface area contributed by atoms with Crippen LogP contribution in [0.15, 0.2) is 12.4 Å². The average Bonchev–Trinajstić information content (AvgIpc) is 3.07. The van der Waals surface area contributed by atoms with Gasteiger partial charge in [0.2, 0.25) is 0 Å². The van der Waals surface area contributed by atoms with Crippen LogP contribution >= 0.6 is 0 Å². The molecule has 21 heavy (non-hydrogen) atoms. The number of nitrogens with zero attached hydrogens (tertiary/aromatic N) is 5. The van der Waals surface area contributed by atoms with E-state index < -0.39 is 0 Å². The fourth-order valence-corrected chi connectivity index (χ4v) is 2.73. The molecule has 1 fully saturated rings. The zero-order valence-electron chi connectivity index (χ0n) is 12.8. The molecule has 3 heterocycles. The van der Waals surface area contributed by atoms with Crippen molar-refractivity contribution < 1.29 is 4.74 Å². The Morgan fingerprint density at radius 1 is 1.38 bits per heavy atom. The van der Waals surface area contributed by atoms with Crippen molar-refractivity contribution in [3.63, 3.8) is 0 Å². The molecule has 1 N–H and O–H groups in total. The first-order chi connectivity index (χ1) is 10.1. The Hall–Kier alpha value is -1.89. The van der Waals surface area contributed by atoms with E-state index in [1.807, 2.05) is 19.4 Å². The van der Waals surface area contributed by atoms with Gasteiger partial charge in [-0.1, -0.05) is 5.21 Å². The van der Waals surface area contributed by atoms with Gasteiger partial charge in [0.1, 0.15) is 5.69 Å². The summed E-state index contributed by atoms with van der Waals surface area (Å²) in [5.74, 6) is 0. The van der Waals surface area contributed by atoms with Crippen LogP contribution < -0.4 is 5.32 Å². The third kappa shape index (κ3) is 2.92. The molecule has 0 spiro atoms. The zero-order chi connectivity index (χ0) is 14.8. The van der Waals surface area contributed by atoms with E-state index in [4.69, 9.17) is 4.74 Å². The molecule has 1 saturated heterocycles. The van der Waals surface area contributed by atoms with Crippen LogP contribution in [0.2, 0.25) is 0 Å². The third-order valence-corrected chi connectivity index (χ3v) is 4.02. The van der Waals surface area contributed by atoms with E-state index in [0.717, 1.165) is 43.1 Å². The molecule has 7 nitrogen and oxygen atoms in total. The highest BCUT2D eigenvalue weighted by molar-refractivity contribution is 5.47. The van der Waals surface area contributed by atoms with E-state index in [-0.39, 0.29) is 6.04 Å². The minimum absolute atomic E-state index is 0.102. The van der Waals surface area contributed by atoms with Crippen LogP contribution in [0, 0.1) is 6.92 Å². The van der Waals surface area contributed by atoms with E-state index in [0.29, 0.717) is 6.04 Å². The number of aryl methyl sites for hydroxylation is 1. The molecule has 0 aromatic carbocycles. The number of hydrogen-bond acceptors (Lipinski definition) is 5. The van der Waals surface area contributed by atoms with Gasteiger partial charge in [-0.3, -0.25) is 9.36 Å².